The van der Waals surface area contributed by atoms with Gasteiger partial charge in [-0.15, -0.1) is 0 Å². The van der Waals surface area contributed by atoms with Crippen LogP contribution in [-0.4, -0.2) is 17.7 Å². The molecular weight excluding hydrogens is 159 g/mol. The van der Waals surface area contributed by atoms with Gasteiger partial charge in [0.15, 0.2) is 0 Å². The highest BCUT2D eigenvalue weighted by Crippen LogP contribution is 2.38. The number of rotatable bonds is 0. The highest BCUT2D eigenvalue weighted by atomic mass is 19.1. The summed E-state index contributed by atoms with van der Waals surface area (Å²) in [7, 11) is 0. The lowest BCUT2D eigenvalue weighted by Gasteiger charge is -2.24. The first-order valence-electron chi connectivity index (χ1n) is 4.38. The topological polar surface area (TPSA) is 34.1 Å². The first-order chi connectivity index (χ1) is 5.68. The lowest BCUT2D eigenvalue weighted by atomic mass is 9.80. The van der Waals surface area contributed by atoms with Crippen molar-refractivity contribution in [2.24, 2.45) is 11.8 Å². The van der Waals surface area contributed by atoms with Crippen molar-refractivity contribution in [2.45, 2.75) is 31.9 Å². The Labute approximate surface area is 70.1 Å². The van der Waals surface area contributed by atoms with Crippen molar-refractivity contribution in [3.63, 3.8) is 0 Å². The summed E-state index contributed by atoms with van der Waals surface area (Å²) in [4.78, 5) is 22.4. The van der Waals surface area contributed by atoms with E-state index in [2.05, 4.69) is 0 Å². The summed E-state index contributed by atoms with van der Waals surface area (Å²) in [6, 6.07) is 0. The van der Waals surface area contributed by atoms with Gasteiger partial charge in [-0.1, -0.05) is 0 Å². The molecule has 0 N–H and O–H groups in total. The summed E-state index contributed by atoms with van der Waals surface area (Å²) in [5.41, 5.74) is 0. The Hall–Kier alpha value is -0.730. The fourth-order valence-corrected chi connectivity index (χ4v) is 2.29. The van der Waals surface area contributed by atoms with Crippen LogP contribution < -0.4 is 0 Å². The van der Waals surface area contributed by atoms with Crippen LogP contribution in [0.1, 0.15) is 25.7 Å². The number of alkyl halides is 1. The molecule has 2 aliphatic rings. The van der Waals surface area contributed by atoms with Crippen molar-refractivity contribution in [2.75, 3.05) is 0 Å². The third-order valence-corrected chi connectivity index (χ3v) is 2.96. The van der Waals surface area contributed by atoms with Crippen LogP contribution in [0, 0.1) is 11.8 Å². The molecular formula is C9H11FO2. The van der Waals surface area contributed by atoms with Gasteiger partial charge in [-0.2, -0.15) is 0 Å². The normalized spacial score (nSPS) is 41.6. The maximum Gasteiger partial charge on any atom is 0.144 e. The van der Waals surface area contributed by atoms with Crippen LogP contribution in [-0.2, 0) is 9.59 Å². The van der Waals surface area contributed by atoms with E-state index < -0.39 is 6.17 Å². The van der Waals surface area contributed by atoms with Gasteiger partial charge < -0.3 is 0 Å². The van der Waals surface area contributed by atoms with E-state index in [1.165, 1.54) is 0 Å². The van der Waals surface area contributed by atoms with E-state index in [0.29, 0.717) is 12.8 Å². The fraction of sp³-hybridized carbons (Fsp3) is 0.778. The van der Waals surface area contributed by atoms with Crippen molar-refractivity contribution >= 4 is 11.6 Å². The Morgan fingerprint density at radius 2 is 1.75 bits per heavy atom. The Morgan fingerprint density at radius 3 is 2.50 bits per heavy atom. The average molecular weight is 170 g/mol. The Bertz CT molecular complexity index is 237. The minimum Gasteiger partial charge on any atom is -0.299 e. The molecule has 3 unspecified atom stereocenters. The first kappa shape index (κ1) is 7.90. The van der Waals surface area contributed by atoms with Crippen LogP contribution in [0.3, 0.4) is 0 Å². The molecule has 0 amide bonds. The molecule has 0 aromatic rings. The Kier molecular flexibility index (Phi) is 1.74. The minimum absolute atomic E-state index is 0.0349. The predicted molar refractivity (Wildman–Crippen MR) is 40.4 cm³/mol. The van der Waals surface area contributed by atoms with E-state index in [1.807, 2.05) is 0 Å². The summed E-state index contributed by atoms with van der Waals surface area (Å²) in [5.74, 6) is -0.407. The van der Waals surface area contributed by atoms with Crippen LogP contribution in [0.15, 0.2) is 0 Å². The van der Waals surface area contributed by atoms with E-state index >= 15 is 0 Å². The molecule has 2 fully saturated rings. The number of hydrogen-bond acceptors (Lipinski definition) is 2. The van der Waals surface area contributed by atoms with Gasteiger partial charge in [0.05, 0.1) is 6.42 Å². The minimum atomic E-state index is -0.860. The van der Waals surface area contributed by atoms with Crippen molar-refractivity contribution in [1.29, 1.82) is 0 Å². The molecule has 0 spiro atoms. The molecule has 2 nitrogen and oxygen atoms in total. The second-order valence-electron chi connectivity index (χ2n) is 3.73. The summed E-state index contributed by atoms with van der Waals surface area (Å²) in [6.07, 6.45) is 0.523. The number of fused-ring (bicyclic) bond motifs is 1. The standard InChI is InChI=1S/C9H11FO2/c10-5-1-2-6-7(3-5)9(12)4-8(6)11/h5-7H,1-4H2. The molecule has 0 aromatic carbocycles. The second kappa shape index (κ2) is 2.64. The maximum atomic E-state index is 12.9. The van der Waals surface area contributed by atoms with Gasteiger partial charge in [0.2, 0.25) is 0 Å². The van der Waals surface area contributed by atoms with Crippen molar-refractivity contribution in [3.05, 3.63) is 0 Å². The highest BCUT2D eigenvalue weighted by molar-refractivity contribution is 6.08. The molecule has 0 saturated heterocycles. The largest absolute Gasteiger partial charge is 0.299 e. The van der Waals surface area contributed by atoms with Crippen LogP contribution >= 0.6 is 0 Å². The first-order valence-corrected chi connectivity index (χ1v) is 4.38. The summed E-state index contributed by atoms with van der Waals surface area (Å²) < 4.78 is 12.9. The van der Waals surface area contributed by atoms with Crippen molar-refractivity contribution < 1.29 is 14.0 Å². The van der Waals surface area contributed by atoms with E-state index in [0.717, 1.165) is 0 Å². The molecule has 2 aliphatic carbocycles. The van der Waals surface area contributed by atoms with Crippen LogP contribution in [0.2, 0.25) is 0 Å². The number of halogens is 1. The average Bonchev–Trinajstić information content (AvgIpc) is 2.28. The second-order valence-corrected chi connectivity index (χ2v) is 3.73. The zero-order valence-electron chi connectivity index (χ0n) is 6.75. The van der Waals surface area contributed by atoms with E-state index in [1.54, 1.807) is 0 Å². The molecule has 0 aromatic heterocycles. The molecule has 66 valence electrons. The third kappa shape index (κ3) is 1.08. The number of Topliss-reactive ketones (excluding diaryl/α,β-unsaturated/α-hetero) is 2. The number of carbonyl (C=O) groups excluding carboxylic acids is 2. The Morgan fingerprint density at radius 1 is 1.08 bits per heavy atom. The van der Waals surface area contributed by atoms with E-state index in [4.69, 9.17) is 0 Å². The molecule has 0 bridgehead atoms. The smallest absolute Gasteiger partial charge is 0.144 e. The molecule has 2 saturated carbocycles. The van der Waals surface area contributed by atoms with E-state index in [9.17, 15) is 14.0 Å². The zero-order chi connectivity index (χ0) is 8.72. The van der Waals surface area contributed by atoms with Crippen LogP contribution in [0.25, 0.3) is 0 Å². The zero-order valence-corrected chi connectivity index (χ0v) is 6.75. The van der Waals surface area contributed by atoms with Crippen LogP contribution in [0.4, 0.5) is 4.39 Å². The molecule has 0 aliphatic heterocycles. The molecule has 12 heavy (non-hydrogen) atoms. The number of carbonyl (C=O) groups is 2. The number of hydrogen-bond donors (Lipinski definition) is 0. The maximum absolute atomic E-state index is 12.9. The third-order valence-electron chi connectivity index (χ3n) is 2.96. The van der Waals surface area contributed by atoms with Gasteiger partial charge in [0, 0.05) is 11.8 Å². The SMILES string of the molecule is O=C1CC(=O)C2CC(F)CCC12. The highest BCUT2D eigenvalue weighted by Gasteiger charge is 2.44. The lowest BCUT2D eigenvalue weighted by molar-refractivity contribution is -0.122. The summed E-state index contributed by atoms with van der Waals surface area (Å²) >= 11 is 0. The molecule has 3 heteroatoms. The Balaban J connectivity index is 2.17. The van der Waals surface area contributed by atoms with E-state index in [-0.39, 0.29) is 36.2 Å². The van der Waals surface area contributed by atoms with Gasteiger partial charge in [0.25, 0.3) is 0 Å². The molecule has 0 radical (unpaired) electrons. The van der Waals surface area contributed by atoms with Crippen molar-refractivity contribution in [1.82, 2.24) is 0 Å². The van der Waals surface area contributed by atoms with Crippen molar-refractivity contribution in [3.8, 4) is 0 Å². The summed E-state index contributed by atoms with van der Waals surface area (Å²) in [5, 5.41) is 0. The van der Waals surface area contributed by atoms with Gasteiger partial charge in [-0.25, -0.2) is 4.39 Å². The molecule has 3 atom stereocenters. The van der Waals surface area contributed by atoms with Gasteiger partial charge in [-0.3, -0.25) is 9.59 Å². The van der Waals surface area contributed by atoms with Gasteiger partial charge in [-0.05, 0) is 19.3 Å². The van der Waals surface area contributed by atoms with Crippen LogP contribution in [0.5, 0.6) is 0 Å². The molecule has 2 rings (SSSR count). The quantitative estimate of drug-likeness (QED) is 0.513. The van der Waals surface area contributed by atoms with Gasteiger partial charge >= 0.3 is 0 Å². The monoisotopic (exact) mass is 170 g/mol. The fourth-order valence-electron chi connectivity index (χ4n) is 2.29. The lowest BCUT2D eigenvalue weighted by Crippen LogP contribution is -2.27. The van der Waals surface area contributed by atoms with Gasteiger partial charge in [0.1, 0.15) is 17.7 Å². The molecule has 0 heterocycles. The summed E-state index contributed by atoms with van der Waals surface area (Å²) in [6.45, 7) is 0. The predicted octanol–water partition coefficient (Wildman–Crippen LogP) is 1.28. The number of ketones is 2.